The number of carbonyl (C=O) groups is 4. The van der Waals surface area contributed by atoms with Gasteiger partial charge in [-0.15, -0.1) is 23.1 Å². The number of nitrogen functional groups attached to an aromatic ring is 1. The number of aromatic nitrogens is 1. The van der Waals surface area contributed by atoms with Crippen LogP contribution in [0.3, 0.4) is 0 Å². The van der Waals surface area contributed by atoms with Crippen molar-refractivity contribution in [2.24, 2.45) is 5.16 Å². The van der Waals surface area contributed by atoms with Crippen molar-refractivity contribution in [3.05, 3.63) is 22.5 Å². The summed E-state index contributed by atoms with van der Waals surface area (Å²) in [6.45, 7) is 1.11. The van der Waals surface area contributed by atoms with Gasteiger partial charge in [0.05, 0.1) is 11.7 Å². The largest absolute Gasteiger partial charge is 1.00 e. The first-order chi connectivity index (χ1) is 13.7. The number of ether oxygens (including phenoxy) is 1. The molecule has 2 aliphatic rings. The molecule has 1 unspecified atom stereocenters. The molecule has 0 bridgehead atoms. The fourth-order valence-corrected chi connectivity index (χ4v) is 4.54. The zero-order valence-corrected chi connectivity index (χ0v) is 19.7. The molecule has 3 rings (SSSR count). The van der Waals surface area contributed by atoms with Crippen LogP contribution in [-0.4, -0.2) is 63.6 Å². The Morgan fingerprint density at radius 1 is 1.43 bits per heavy atom. The number of carboxylic acid groups (broad SMARTS) is 1. The molecule has 2 aliphatic heterocycles. The Hall–Kier alpha value is -2.13. The number of thioether (sulfide) groups is 1. The third-order valence-corrected chi connectivity index (χ3v) is 5.77. The van der Waals surface area contributed by atoms with Gasteiger partial charge in [0.1, 0.15) is 35.7 Å². The van der Waals surface area contributed by atoms with Gasteiger partial charge in [0.2, 0.25) is 0 Å². The average Bonchev–Trinajstić information content (AvgIpc) is 3.08. The van der Waals surface area contributed by atoms with Crippen molar-refractivity contribution in [2.75, 3.05) is 18.6 Å². The molecule has 2 amide bonds. The van der Waals surface area contributed by atoms with Crippen molar-refractivity contribution in [1.29, 1.82) is 0 Å². The van der Waals surface area contributed by atoms with Gasteiger partial charge in [-0.25, -0.2) is 4.98 Å². The van der Waals surface area contributed by atoms with E-state index in [1.54, 1.807) is 0 Å². The number of amides is 2. The number of hydrogen-bond acceptors (Lipinski definition) is 12. The Morgan fingerprint density at radius 2 is 2.13 bits per heavy atom. The molecule has 0 saturated carbocycles. The van der Waals surface area contributed by atoms with E-state index in [1.807, 2.05) is 0 Å². The molecule has 0 aliphatic carbocycles. The standard InChI is InChI=1S/C15H15N5O7S2.Na/c1-5(21)27-7-4-28-13-9(12(23)20(13)10(7)14(24)25)18-11(22)8(19-26-2)6-3-29-15(16)17-6;/h3,9,13H,4H2,1-2H3,(H2,16,17)(H,18,22)(H,24,25);/q;+1/p-1/t9?,13-;/m1./s1. The van der Waals surface area contributed by atoms with Gasteiger partial charge >= 0.3 is 35.5 Å². The molecule has 30 heavy (non-hydrogen) atoms. The molecule has 3 N–H and O–H groups in total. The van der Waals surface area contributed by atoms with Crippen LogP contribution >= 0.6 is 23.1 Å². The number of aliphatic carboxylic acids is 1. The molecule has 3 heterocycles. The number of nitrogens with zero attached hydrogens (tertiary/aromatic N) is 3. The summed E-state index contributed by atoms with van der Waals surface area (Å²) < 4.78 is 4.88. The first kappa shape index (κ1) is 24.1. The minimum Gasteiger partial charge on any atom is -0.543 e. The number of oxime groups is 1. The third-order valence-electron chi connectivity index (χ3n) is 3.84. The number of carboxylic acids is 1. The first-order valence-electron chi connectivity index (χ1n) is 7.95. The topological polar surface area (TPSA) is 176 Å². The van der Waals surface area contributed by atoms with Crippen molar-refractivity contribution >= 4 is 57.7 Å². The zero-order valence-electron chi connectivity index (χ0n) is 16.0. The van der Waals surface area contributed by atoms with Gasteiger partial charge in [0.25, 0.3) is 11.8 Å². The quantitative estimate of drug-likeness (QED) is 0.137. The molecule has 15 heteroatoms. The van der Waals surface area contributed by atoms with Crippen LogP contribution in [0.2, 0.25) is 0 Å². The van der Waals surface area contributed by atoms with Crippen LogP contribution in [0, 0.1) is 0 Å². The summed E-state index contributed by atoms with van der Waals surface area (Å²) in [4.78, 5) is 57.3. The number of rotatable bonds is 6. The molecule has 1 saturated heterocycles. The number of fused-ring (bicyclic) bond motifs is 1. The van der Waals surface area contributed by atoms with E-state index in [1.165, 1.54) is 12.5 Å². The molecule has 0 aromatic carbocycles. The number of esters is 1. The SMILES string of the molecule is CON=C(C(=O)NC1C(=O)N2C(C(=O)[O-])=C(OC(C)=O)CS[C@H]12)c1csc(N)n1.[Na+]. The number of carbonyl (C=O) groups excluding carboxylic acids is 4. The Morgan fingerprint density at radius 3 is 2.67 bits per heavy atom. The van der Waals surface area contributed by atoms with Crippen LogP contribution in [0.1, 0.15) is 12.6 Å². The van der Waals surface area contributed by atoms with E-state index in [-0.39, 0.29) is 57.6 Å². The van der Waals surface area contributed by atoms with Crippen molar-refractivity contribution in [3.8, 4) is 0 Å². The summed E-state index contributed by atoms with van der Waals surface area (Å²) in [6.07, 6.45) is 0. The van der Waals surface area contributed by atoms with Crippen LogP contribution in [0.5, 0.6) is 0 Å². The Labute approximate surface area is 200 Å². The minimum atomic E-state index is -1.66. The van der Waals surface area contributed by atoms with E-state index in [0.29, 0.717) is 0 Å². The average molecular weight is 463 g/mol. The van der Waals surface area contributed by atoms with Gasteiger partial charge in [-0.05, 0) is 0 Å². The maximum atomic E-state index is 12.6. The molecule has 1 aromatic rings. The van der Waals surface area contributed by atoms with Crippen molar-refractivity contribution in [3.63, 3.8) is 0 Å². The van der Waals surface area contributed by atoms with Crippen LogP contribution in [-0.2, 0) is 28.8 Å². The van der Waals surface area contributed by atoms with Crippen molar-refractivity contribution in [1.82, 2.24) is 15.2 Å². The predicted octanol–water partition coefficient (Wildman–Crippen LogP) is -5.00. The van der Waals surface area contributed by atoms with E-state index in [2.05, 4.69) is 20.3 Å². The summed E-state index contributed by atoms with van der Waals surface area (Å²) in [6, 6.07) is -1.03. The van der Waals surface area contributed by atoms with Gasteiger partial charge in [-0.3, -0.25) is 19.3 Å². The fourth-order valence-electron chi connectivity index (χ4n) is 2.73. The van der Waals surface area contributed by atoms with Crippen LogP contribution in [0.4, 0.5) is 5.13 Å². The number of nitrogens with two attached hydrogens (primary N) is 1. The van der Waals surface area contributed by atoms with E-state index in [9.17, 15) is 24.3 Å². The molecule has 1 fully saturated rings. The second-order valence-electron chi connectivity index (χ2n) is 5.71. The molecule has 0 radical (unpaired) electrons. The second kappa shape index (κ2) is 9.78. The molecule has 1 aromatic heterocycles. The summed E-state index contributed by atoms with van der Waals surface area (Å²) in [5.41, 5.74) is 5.01. The molecule has 0 spiro atoms. The number of thiazole rings is 1. The Kier molecular flexibility index (Phi) is 7.87. The first-order valence-corrected chi connectivity index (χ1v) is 9.88. The van der Waals surface area contributed by atoms with Gasteiger partial charge in [-0.2, -0.15) is 0 Å². The maximum absolute atomic E-state index is 12.6. The Bertz CT molecular complexity index is 963. The van der Waals surface area contributed by atoms with Gasteiger partial charge in [0.15, 0.2) is 10.8 Å². The van der Waals surface area contributed by atoms with Crippen molar-refractivity contribution < 1.29 is 63.4 Å². The van der Waals surface area contributed by atoms with E-state index < -0.39 is 40.9 Å². The number of anilines is 1. The zero-order chi connectivity index (χ0) is 21.3. The summed E-state index contributed by atoms with van der Waals surface area (Å²) in [7, 11) is 1.24. The van der Waals surface area contributed by atoms with Gasteiger partial charge < -0.3 is 30.5 Å². The normalized spacial score (nSPS) is 20.5. The minimum absolute atomic E-state index is 0. The molecular formula is C15H14N5NaO7S2. The molecule has 154 valence electrons. The van der Waals surface area contributed by atoms with Crippen molar-refractivity contribution in [2.45, 2.75) is 18.3 Å². The van der Waals surface area contributed by atoms with E-state index in [0.717, 1.165) is 34.9 Å². The number of nitrogens with one attached hydrogen (secondary N) is 1. The smallest absolute Gasteiger partial charge is 0.543 e. The predicted molar refractivity (Wildman–Crippen MR) is 98.9 cm³/mol. The van der Waals surface area contributed by atoms with Crippen LogP contribution < -0.4 is 45.7 Å². The molecule has 12 nitrogen and oxygen atoms in total. The Balaban J connectivity index is 0.00000320. The summed E-state index contributed by atoms with van der Waals surface area (Å²) >= 11 is 2.22. The van der Waals surface area contributed by atoms with Crippen LogP contribution in [0.15, 0.2) is 22.0 Å². The third kappa shape index (κ3) is 4.62. The van der Waals surface area contributed by atoms with Gasteiger partial charge in [0, 0.05) is 12.3 Å². The van der Waals surface area contributed by atoms with E-state index in [4.69, 9.17) is 10.5 Å². The molecular weight excluding hydrogens is 449 g/mol. The van der Waals surface area contributed by atoms with Crippen LogP contribution in [0.25, 0.3) is 0 Å². The number of β-lactam (4-membered cyclic amide) rings is 1. The second-order valence-corrected chi connectivity index (χ2v) is 7.70. The number of hydrogen-bond donors (Lipinski definition) is 2. The summed E-state index contributed by atoms with van der Waals surface area (Å²) in [5.74, 6) is -4.01. The van der Waals surface area contributed by atoms with Gasteiger partial charge in [-0.1, -0.05) is 5.16 Å². The fraction of sp³-hybridized carbons (Fsp3) is 0.333. The molecule has 2 atom stereocenters. The monoisotopic (exact) mass is 463 g/mol. The summed E-state index contributed by atoms with van der Waals surface area (Å²) in [5, 5.41) is 18.6. The maximum Gasteiger partial charge on any atom is 1.00 e. The van der Waals surface area contributed by atoms with E-state index >= 15 is 0 Å².